The SMILES string of the molecule is Cc1ccc(C(C)(O)C(F)(F)C(F)(F)F)cc1B1OC(C)(C)C(C)(C)O1. The molecule has 3 nitrogen and oxygen atoms in total. The number of alkyl halides is 5. The highest BCUT2D eigenvalue weighted by Gasteiger charge is 2.68. The zero-order valence-corrected chi connectivity index (χ0v) is 15.5. The van der Waals surface area contributed by atoms with E-state index in [1.807, 2.05) is 0 Å². The molecule has 1 unspecified atom stereocenters. The van der Waals surface area contributed by atoms with Crippen LogP contribution in [0.5, 0.6) is 0 Å². The smallest absolute Gasteiger partial charge is 0.399 e. The van der Waals surface area contributed by atoms with Crippen LogP contribution in [0.3, 0.4) is 0 Å². The fourth-order valence-corrected chi connectivity index (χ4v) is 2.62. The Balaban J connectivity index is 2.49. The van der Waals surface area contributed by atoms with Gasteiger partial charge in [-0.1, -0.05) is 23.8 Å². The van der Waals surface area contributed by atoms with Crippen LogP contribution in [0.2, 0.25) is 0 Å². The van der Waals surface area contributed by atoms with Gasteiger partial charge < -0.3 is 14.4 Å². The highest BCUT2D eigenvalue weighted by atomic mass is 19.4. The Morgan fingerprint density at radius 2 is 1.42 bits per heavy atom. The summed E-state index contributed by atoms with van der Waals surface area (Å²) in [5, 5.41) is 10.1. The summed E-state index contributed by atoms with van der Waals surface area (Å²) in [6.45, 7) is 9.26. The third-order valence-electron chi connectivity index (χ3n) is 5.32. The Labute approximate surface area is 149 Å². The predicted molar refractivity (Wildman–Crippen MR) is 87.5 cm³/mol. The highest BCUT2D eigenvalue weighted by molar-refractivity contribution is 6.62. The third-order valence-corrected chi connectivity index (χ3v) is 5.32. The summed E-state index contributed by atoms with van der Waals surface area (Å²) in [5.74, 6) is -5.33. The van der Waals surface area contributed by atoms with Crippen LogP contribution < -0.4 is 5.46 Å². The van der Waals surface area contributed by atoms with Crippen molar-refractivity contribution in [1.29, 1.82) is 0 Å². The lowest BCUT2D eigenvalue weighted by Gasteiger charge is -2.34. The van der Waals surface area contributed by atoms with Crippen LogP contribution >= 0.6 is 0 Å². The standard InChI is InChI=1S/C17H22BF5O3/c1-10-7-8-11(15(6,24)16(19,20)17(21,22)23)9-12(10)18-25-13(2,3)14(4,5)26-18/h7-9,24H,1-6H3. The molecule has 1 aromatic rings. The summed E-state index contributed by atoms with van der Waals surface area (Å²) < 4.78 is 77.5. The van der Waals surface area contributed by atoms with Crippen molar-refractivity contribution in [3.8, 4) is 0 Å². The average molecular weight is 380 g/mol. The molecule has 0 spiro atoms. The molecule has 146 valence electrons. The molecule has 1 atom stereocenters. The number of hydrogen-bond acceptors (Lipinski definition) is 3. The molecular weight excluding hydrogens is 358 g/mol. The van der Waals surface area contributed by atoms with Crippen LogP contribution in [-0.2, 0) is 14.9 Å². The first-order valence-electron chi connectivity index (χ1n) is 8.07. The van der Waals surface area contributed by atoms with Crippen molar-refractivity contribution in [2.45, 2.75) is 70.4 Å². The van der Waals surface area contributed by atoms with Gasteiger partial charge in [-0.25, -0.2) is 0 Å². The summed E-state index contributed by atoms with van der Waals surface area (Å²) in [6.07, 6.45) is -5.90. The normalized spacial score (nSPS) is 22.4. The van der Waals surface area contributed by atoms with Crippen LogP contribution in [-0.4, -0.2) is 35.5 Å². The predicted octanol–water partition coefficient (Wildman–Crippen LogP) is 3.70. The molecule has 0 bridgehead atoms. The van der Waals surface area contributed by atoms with E-state index in [1.54, 1.807) is 34.6 Å². The Hall–Kier alpha value is -1.19. The average Bonchev–Trinajstić information content (AvgIpc) is 2.66. The maximum Gasteiger partial charge on any atom is 0.495 e. The van der Waals surface area contributed by atoms with Gasteiger partial charge in [0.25, 0.3) is 0 Å². The molecule has 0 amide bonds. The number of rotatable bonds is 3. The van der Waals surface area contributed by atoms with Crippen molar-refractivity contribution in [3.63, 3.8) is 0 Å². The Kier molecular flexibility index (Phi) is 4.80. The van der Waals surface area contributed by atoms with E-state index in [0.717, 1.165) is 12.1 Å². The van der Waals surface area contributed by atoms with Crippen LogP contribution in [0.1, 0.15) is 45.7 Å². The largest absolute Gasteiger partial charge is 0.495 e. The van der Waals surface area contributed by atoms with Gasteiger partial charge in [0, 0.05) is 0 Å². The van der Waals surface area contributed by atoms with Gasteiger partial charge in [-0.15, -0.1) is 0 Å². The Morgan fingerprint density at radius 3 is 1.85 bits per heavy atom. The van der Waals surface area contributed by atoms with Crippen LogP contribution in [0.25, 0.3) is 0 Å². The first-order chi connectivity index (χ1) is 11.4. The van der Waals surface area contributed by atoms with Gasteiger partial charge in [0.05, 0.1) is 11.2 Å². The lowest BCUT2D eigenvalue weighted by atomic mass is 9.73. The summed E-state index contributed by atoms with van der Waals surface area (Å²) in [6, 6.07) is 3.48. The van der Waals surface area contributed by atoms with E-state index in [1.165, 1.54) is 6.07 Å². The van der Waals surface area contributed by atoms with E-state index in [0.29, 0.717) is 17.9 Å². The molecule has 26 heavy (non-hydrogen) atoms. The van der Waals surface area contributed by atoms with Crippen LogP contribution in [0.4, 0.5) is 22.0 Å². The fraction of sp³-hybridized carbons (Fsp3) is 0.647. The minimum Gasteiger partial charge on any atom is -0.399 e. The van der Waals surface area contributed by atoms with E-state index >= 15 is 0 Å². The lowest BCUT2D eigenvalue weighted by Crippen LogP contribution is -2.53. The number of halogens is 5. The first-order valence-corrected chi connectivity index (χ1v) is 8.07. The fourth-order valence-electron chi connectivity index (χ4n) is 2.62. The van der Waals surface area contributed by atoms with E-state index in [4.69, 9.17) is 9.31 Å². The summed E-state index contributed by atoms with van der Waals surface area (Å²) >= 11 is 0. The molecule has 0 aliphatic carbocycles. The molecule has 0 saturated carbocycles. The molecule has 1 aromatic carbocycles. The maximum atomic E-state index is 13.8. The molecule has 1 aliphatic rings. The van der Waals surface area contributed by atoms with Gasteiger partial charge in [-0.05, 0) is 52.6 Å². The number of aliphatic hydroxyl groups is 1. The van der Waals surface area contributed by atoms with E-state index in [9.17, 15) is 27.1 Å². The van der Waals surface area contributed by atoms with E-state index < -0.39 is 41.6 Å². The molecule has 1 N–H and O–H groups in total. The van der Waals surface area contributed by atoms with Gasteiger partial charge in [0.15, 0.2) is 5.60 Å². The van der Waals surface area contributed by atoms with Crippen molar-refractivity contribution in [2.24, 2.45) is 0 Å². The van der Waals surface area contributed by atoms with Crippen molar-refractivity contribution in [2.75, 3.05) is 0 Å². The summed E-state index contributed by atoms with van der Waals surface area (Å²) in [7, 11) is -0.949. The van der Waals surface area contributed by atoms with Gasteiger partial charge in [-0.3, -0.25) is 0 Å². The Morgan fingerprint density at radius 1 is 0.962 bits per heavy atom. The first kappa shape index (κ1) is 21.1. The van der Waals surface area contributed by atoms with E-state index in [-0.39, 0.29) is 0 Å². The zero-order chi connectivity index (χ0) is 20.3. The minimum absolute atomic E-state index is 0.291. The maximum absolute atomic E-state index is 13.8. The van der Waals surface area contributed by atoms with Crippen LogP contribution in [0, 0.1) is 6.92 Å². The summed E-state index contributed by atoms with van der Waals surface area (Å²) in [5.41, 5.74) is -4.57. The molecular formula is C17H22BF5O3. The van der Waals surface area contributed by atoms with Gasteiger partial charge >= 0.3 is 19.2 Å². The molecule has 1 fully saturated rings. The van der Waals surface area contributed by atoms with Gasteiger partial charge in [0.2, 0.25) is 0 Å². The molecule has 0 radical (unpaired) electrons. The third kappa shape index (κ3) is 3.14. The number of benzene rings is 1. The van der Waals surface area contributed by atoms with Crippen molar-refractivity contribution >= 4 is 12.6 Å². The molecule has 0 aromatic heterocycles. The van der Waals surface area contributed by atoms with Gasteiger partial charge in [-0.2, -0.15) is 22.0 Å². The van der Waals surface area contributed by atoms with Crippen molar-refractivity contribution < 1.29 is 36.4 Å². The minimum atomic E-state index is -5.90. The molecule has 1 heterocycles. The monoisotopic (exact) mass is 380 g/mol. The second kappa shape index (κ2) is 5.91. The molecule has 2 rings (SSSR count). The quantitative estimate of drug-likeness (QED) is 0.642. The zero-order valence-electron chi connectivity index (χ0n) is 15.5. The van der Waals surface area contributed by atoms with E-state index in [2.05, 4.69) is 0 Å². The number of aryl methyl sites for hydroxylation is 1. The topological polar surface area (TPSA) is 38.7 Å². The van der Waals surface area contributed by atoms with Crippen LogP contribution in [0.15, 0.2) is 18.2 Å². The lowest BCUT2D eigenvalue weighted by molar-refractivity contribution is -0.342. The summed E-state index contributed by atoms with van der Waals surface area (Å²) in [4.78, 5) is 0. The second-order valence-corrected chi connectivity index (χ2v) is 7.80. The van der Waals surface area contributed by atoms with Crippen molar-refractivity contribution in [1.82, 2.24) is 0 Å². The highest BCUT2D eigenvalue weighted by Crippen LogP contribution is 2.48. The molecule has 1 saturated heterocycles. The number of hydrogen-bond donors (Lipinski definition) is 1. The second-order valence-electron chi connectivity index (χ2n) is 7.80. The van der Waals surface area contributed by atoms with Crippen molar-refractivity contribution in [3.05, 3.63) is 29.3 Å². The Bertz CT molecular complexity index is 682. The molecule has 9 heteroatoms. The molecule has 1 aliphatic heterocycles. The van der Waals surface area contributed by atoms with Gasteiger partial charge in [0.1, 0.15) is 0 Å².